The number of para-hydroxylation sites is 2. The Morgan fingerprint density at radius 1 is 0.267 bits per heavy atom. The van der Waals surface area contributed by atoms with Crippen molar-refractivity contribution in [3.05, 3.63) is 144 Å². The first kappa shape index (κ1) is 121. The lowest BCUT2D eigenvalue weighted by Crippen LogP contribution is -2.62. The average molecular weight is 2040 g/mol. The number of nitrogens with two attached hydrogens (primary N) is 8. The number of hydrogen-bond donors (Lipinski definition) is 26. The van der Waals surface area contributed by atoms with Crippen LogP contribution in [0.1, 0.15) is 212 Å². The molecule has 17 amide bonds. The molecule has 6 rings (SSSR count). The first-order valence-corrected chi connectivity index (χ1v) is 50.9. The van der Waals surface area contributed by atoms with E-state index < -0.39 is 204 Å². The van der Waals surface area contributed by atoms with Gasteiger partial charge in [-0.1, -0.05) is 139 Å². The zero-order valence-electron chi connectivity index (χ0n) is 85.3. The predicted octanol–water partition coefficient (Wildman–Crippen LogP) is -0.523. The summed E-state index contributed by atoms with van der Waals surface area (Å²) < 4.78 is 0. The van der Waals surface area contributed by atoms with Gasteiger partial charge in [0.15, 0.2) is 0 Å². The summed E-state index contributed by atoms with van der Waals surface area (Å²) in [6.07, 6.45) is 6.40. The minimum Gasteiger partial charge on any atom is -0.394 e. The van der Waals surface area contributed by atoms with Crippen molar-refractivity contribution in [2.45, 2.75) is 306 Å². The average Bonchev–Trinajstić information content (AvgIpc) is 1.60. The molecule has 0 fully saturated rings. The molecular formula is C103H159N25O18. The molecule has 0 aliphatic carbocycles. The molecule has 804 valence electrons. The molecule has 0 bridgehead atoms. The Morgan fingerprint density at radius 3 is 0.774 bits per heavy atom. The zero-order valence-corrected chi connectivity index (χ0v) is 85.3. The highest BCUT2D eigenvalue weighted by Gasteiger charge is 2.41. The molecule has 0 saturated carbocycles. The number of benzene rings is 4. The number of rotatable bonds is 71. The van der Waals surface area contributed by atoms with Crippen molar-refractivity contribution in [1.82, 2.24) is 89.7 Å². The molecule has 0 spiro atoms. The van der Waals surface area contributed by atoms with E-state index in [-0.39, 0.29) is 147 Å². The Kier molecular flexibility index (Phi) is 54.2. The second-order valence-electron chi connectivity index (χ2n) is 38.5. The Morgan fingerprint density at radius 2 is 0.493 bits per heavy atom. The number of nitrogens with one attached hydrogen (secondary N) is 17. The summed E-state index contributed by atoms with van der Waals surface area (Å²) in [5, 5.41) is 53.2. The maximum absolute atomic E-state index is 15.2. The molecule has 15 atom stereocenters. The molecule has 0 aliphatic rings. The van der Waals surface area contributed by atoms with Crippen molar-refractivity contribution in [2.75, 3.05) is 45.9 Å². The smallest absolute Gasteiger partial charge is 0.245 e. The Bertz CT molecular complexity index is 5180. The zero-order chi connectivity index (χ0) is 107. The van der Waals surface area contributed by atoms with Gasteiger partial charge in [-0.2, -0.15) is 0 Å². The summed E-state index contributed by atoms with van der Waals surface area (Å²) in [7, 11) is 0. The third-order valence-electron chi connectivity index (χ3n) is 24.7. The Hall–Kier alpha value is -13.3. The lowest BCUT2D eigenvalue weighted by molar-refractivity contribution is -0.137. The molecule has 6 aromatic rings. The molecule has 43 nitrogen and oxygen atoms in total. The van der Waals surface area contributed by atoms with Crippen molar-refractivity contribution in [2.24, 2.45) is 63.6 Å². The van der Waals surface area contributed by atoms with E-state index in [0.29, 0.717) is 109 Å². The van der Waals surface area contributed by atoms with E-state index in [1.165, 1.54) is 6.92 Å². The highest BCUT2D eigenvalue weighted by molar-refractivity contribution is 6.02. The van der Waals surface area contributed by atoms with Gasteiger partial charge in [0.25, 0.3) is 0 Å². The van der Waals surface area contributed by atoms with Gasteiger partial charge in [-0.05, 0) is 226 Å². The van der Waals surface area contributed by atoms with Gasteiger partial charge >= 0.3 is 0 Å². The van der Waals surface area contributed by atoms with Crippen LogP contribution in [-0.4, -0.2) is 252 Å². The molecule has 4 aromatic carbocycles. The number of fused-ring (bicyclic) bond motifs is 2. The maximum atomic E-state index is 15.2. The highest BCUT2D eigenvalue weighted by atomic mass is 16.3. The topological polar surface area (TPSA) is 731 Å². The number of carbonyl (C=O) groups excluding carboxylic acids is 17. The third-order valence-corrected chi connectivity index (χ3v) is 24.7. The number of aromatic nitrogens is 2. The van der Waals surface area contributed by atoms with E-state index in [0.717, 1.165) is 5.56 Å². The molecular weight excluding hydrogens is 1880 g/mol. The molecule has 43 heteroatoms. The number of unbranched alkanes of at least 4 members (excludes halogenated alkanes) is 6. The molecule has 2 heterocycles. The quantitative estimate of drug-likeness (QED) is 0.0214. The number of primary amides is 2. The van der Waals surface area contributed by atoms with E-state index >= 15 is 28.8 Å². The number of H-pyrrole nitrogens is 2. The Labute approximate surface area is 853 Å². The van der Waals surface area contributed by atoms with Crippen molar-refractivity contribution in [3.8, 4) is 0 Å². The second-order valence-corrected chi connectivity index (χ2v) is 38.5. The van der Waals surface area contributed by atoms with Crippen LogP contribution in [0.3, 0.4) is 0 Å². The predicted molar refractivity (Wildman–Crippen MR) is 555 cm³/mol. The van der Waals surface area contributed by atoms with Gasteiger partial charge in [0, 0.05) is 66.8 Å². The molecule has 0 radical (unpaired) electrons. The molecule has 146 heavy (non-hydrogen) atoms. The first-order chi connectivity index (χ1) is 69.8. The normalized spacial score (nSPS) is 14.5. The van der Waals surface area contributed by atoms with Crippen LogP contribution in [0, 0.1) is 17.8 Å². The van der Waals surface area contributed by atoms with E-state index in [2.05, 4.69) is 89.7 Å². The second kappa shape index (κ2) is 65.2. The monoisotopic (exact) mass is 2030 g/mol. The SMILES string of the molecule is CC(=O)N[C@H](Cc1ccccc1)C(=O)N[C@H](CCCCN)C(=O)N[C@H](CCCCN)C(=O)N[C@H](CC(C)C)C(=O)N[C@H](CCCCN)C(=O)N[C@H](CCCCN)C(=O)N[C@H](CC(C)C)C(=O)N[C@H](Cc1ccccc1)C(=O)N[C@H](CO)C(=O)N[C@H](CCCCN)C(=O)N[C@H](CC(C)C)C(=O)N[C@H](Cc1c[nH]c2ccccc12)C(=O)N[C@H](CC(N)=O)C(=O)N[C@H](Cc1c[nH]c2ccccc12)C(=O)N[C@H](CCCCN)C(N)=O. The summed E-state index contributed by atoms with van der Waals surface area (Å²) in [5.41, 5.74) is 50.5. The summed E-state index contributed by atoms with van der Waals surface area (Å²) in [4.78, 5) is 252. The van der Waals surface area contributed by atoms with Gasteiger partial charge in [0.05, 0.1) is 13.0 Å². The molecule has 0 saturated heterocycles. The van der Waals surface area contributed by atoms with Gasteiger partial charge in [0.1, 0.15) is 90.6 Å². The van der Waals surface area contributed by atoms with Crippen LogP contribution < -0.4 is 126 Å². The lowest BCUT2D eigenvalue weighted by atomic mass is 9.99. The van der Waals surface area contributed by atoms with Crippen molar-refractivity contribution >= 4 is 122 Å². The Balaban J connectivity index is 1.23. The van der Waals surface area contributed by atoms with Crippen LogP contribution in [0.4, 0.5) is 0 Å². The number of amides is 17. The summed E-state index contributed by atoms with van der Waals surface area (Å²) in [5.74, 6) is -15.7. The standard InChI is InChI=1S/C103H159N25O18/c1-61(2)50-79(121-92(135)76(41-21-27-47-107)117-91(134)75(40-20-26-46-106)119-98(141)82(114-64(7)130)53-65-30-10-8-11-31-65)95(138)118-74(39-19-25-45-105)90(133)116-77(42-22-28-48-108)93(136)122-80(51-62(3)4)96(139)124-83(54-66-32-12-9-13-33-66)99(142)128-87(60-129)103(146)120-78(43-23-29-49-109)94(137)123-81(52-63(5)6)97(140)125-85(56-68-59-113-72-37-17-15-35-70(68)72)101(144)127-86(57-88(110)131)102(145)126-84(55-67-58-112-71-36-16-14-34-69(67)71)100(143)115-73(89(111)132)38-18-24-44-104/h8-17,30-37,58-59,61-63,73-87,112-113,129H,18-29,38-57,60,104-109H2,1-7H3,(H2,110,131)(H2,111,132)(H,114,130)(H,115,143)(H,116,133)(H,117,134)(H,118,138)(H,119,141)(H,120,146)(H,121,135)(H,122,136)(H,123,137)(H,124,139)(H,125,140)(H,126,145)(H,127,144)(H,128,142)/t73-,74-,75-,76-,77-,78-,79-,80-,81-,82-,83-,84-,85-,86-,87-/m1/s1. The minimum atomic E-state index is -1.84. The van der Waals surface area contributed by atoms with Gasteiger partial charge in [0.2, 0.25) is 100 Å². The van der Waals surface area contributed by atoms with Crippen molar-refractivity contribution < 1.29 is 86.6 Å². The van der Waals surface area contributed by atoms with Crippen LogP contribution in [0.25, 0.3) is 21.8 Å². The number of aromatic amines is 2. The van der Waals surface area contributed by atoms with Gasteiger partial charge < -0.3 is 141 Å². The van der Waals surface area contributed by atoms with Crippen molar-refractivity contribution in [3.63, 3.8) is 0 Å². The van der Waals surface area contributed by atoms with Gasteiger partial charge in [-0.15, -0.1) is 0 Å². The fraction of sp³-hybridized carbons (Fsp3) is 0.563. The fourth-order valence-electron chi connectivity index (χ4n) is 16.9. The molecule has 0 aliphatic heterocycles. The highest BCUT2D eigenvalue weighted by Crippen LogP contribution is 2.24. The van der Waals surface area contributed by atoms with Crippen LogP contribution in [0.2, 0.25) is 0 Å². The first-order valence-electron chi connectivity index (χ1n) is 50.9. The van der Waals surface area contributed by atoms with Crippen LogP contribution in [0.15, 0.2) is 122 Å². The fourth-order valence-corrected chi connectivity index (χ4v) is 16.9. The van der Waals surface area contributed by atoms with Gasteiger partial charge in [-0.3, -0.25) is 81.5 Å². The summed E-state index contributed by atoms with van der Waals surface area (Å²) in [6, 6.07) is 10.1. The molecule has 0 unspecified atom stereocenters. The lowest BCUT2D eigenvalue weighted by Gasteiger charge is -2.29. The third kappa shape index (κ3) is 42.8. The minimum absolute atomic E-state index is 0.00812. The van der Waals surface area contributed by atoms with Crippen LogP contribution >= 0.6 is 0 Å². The van der Waals surface area contributed by atoms with Gasteiger partial charge in [-0.25, -0.2) is 0 Å². The van der Waals surface area contributed by atoms with Crippen LogP contribution in [0.5, 0.6) is 0 Å². The molecule has 2 aromatic heterocycles. The maximum Gasteiger partial charge on any atom is 0.245 e. The van der Waals surface area contributed by atoms with E-state index in [1.54, 1.807) is 149 Å². The number of carbonyl (C=O) groups is 17. The number of aliphatic hydroxyl groups is 1. The van der Waals surface area contributed by atoms with Crippen LogP contribution in [-0.2, 0) is 107 Å². The van der Waals surface area contributed by atoms with E-state index in [1.807, 2.05) is 13.8 Å². The molecule has 34 N–H and O–H groups in total. The largest absolute Gasteiger partial charge is 0.394 e. The summed E-state index contributed by atoms with van der Waals surface area (Å²) >= 11 is 0. The summed E-state index contributed by atoms with van der Waals surface area (Å²) in [6.45, 7) is 12.2. The van der Waals surface area contributed by atoms with E-state index in [9.17, 15) is 57.8 Å². The van der Waals surface area contributed by atoms with E-state index in [4.69, 9.17) is 45.9 Å². The van der Waals surface area contributed by atoms with Crippen molar-refractivity contribution in [1.29, 1.82) is 0 Å². The number of hydrogen-bond acceptors (Lipinski definition) is 24. The number of aliphatic hydroxyl groups excluding tert-OH is 1.